The van der Waals surface area contributed by atoms with E-state index in [1.165, 1.54) is 18.9 Å². The molecule has 1 N–H and O–H groups in total. The SMILES string of the molecule is CC(NCC1CCCN1C)c1c(Cl)ccc(F)c1Cl. The molecule has 106 valence electrons. The topological polar surface area (TPSA) is 15.3 Å². The van der Waals surface area contributed by atoms with Gasteiger partial charge in [-0.25, -0.2) is 4.39 Å². The summed E-state index contributed by atoms with van der Waals surface area (Å²) in [4.78, 5) is 2.34. The zero-order valence-corrected chi connectivity index (χ0v) is 12.7. The zero-order valence-electron chi connectivity index (χ0n) is 11.2. The molecule has 1 aliphatic rings. The van der Waals surface area contributed by atoms with Crippen LogP contribution in [0.5, 0.6) is 0 Å². The summed E-state index contributed by atoms with van der Waals surface area (Å²) >= 11 is 12.1. The smallest absolute Gasteiger partial charge is 0.142 e. The molecular weight excluding hydrogens is 286 g/mol. The molecule has 5 heteroatoms. The highest BCUT2D eigenvalue weighted by molar-refractivity contribution is 6.36. The Balaban J connectivity index is 2.03. The second-order valence-electron chi connectivity index (χ2n) is 5.16. The van der Waals surface area contributed by atoms with Crippen LogP contribution in [0.25, 0.3) is 0 Å². The van der Waals surface area contributed by atoms with Gasteiger partial charge < -0.3 is 10.2 Å². The van der Waals surface area contributed by atoms with Crippen LogP contribution in [0.2, 0.25) is 10.0 Å². The first-order valence-corrected chi connectivity index (χ1v) is 7.33. The summed E-state index contributed by atoms with van der Waals surface area (Å²) in [5, 5.41) is 4.03. The normalized spacial score (nSPS) is 21.8. The van der Waals surface area contributed by atoms with Crippen LogP contribution < -0.4 is 5.32 Å². The number of nitrogens with zero attached hydrogens (tertiary/aromatic N) is 1. The summed E-state index contributed by atoms with van der Waals surface area (Å²) in [6.45, 7) is 3.96. The van der Waals surface area contributed by atoms with Gasteiger partial charge in [0.05, 0.1) is 5.02 Å². The monoisotopic (exact) mass is 304 g/mol. The van der Waals surface area contributed by atoms with E-state index in [4.69, 9.17) is 23.2 Å². The lowest BCUT2D eigenvalue weighted by molar-refractivity contribution is 0.293. The fourth-order valence-electron chi connectivity index (χ4n) is 2.59. The number of hydrogen-bond acceptors (Lipinski definition) is 2. The van der Waals surface area contributed by atoms with Crippen LogP contribution in [0.1, 0.15) is 31.4 Å². The van der Waals surface area contributed by atoms with Gasteiger partial charge in [-0.15, -0.1) is 0 Å². The predicted molar refractivity (Wildman–Crippen MR) is 78.5 cm³/mol. The first-order chi connectivity index (χ1) is 9.00. The van der Waals surface area contributed by atoms with Crippen LogP contribution >= 0.6 is 23.2 Å². The Morgan fingerprint density at radius 1 is 1.47 bits per heavy atom. The molecule has 1 fully saturated rings. The number of nitrogens with one attached hydrogen (secondary N) is 1. The summed E-state index contributed by atoms with van der Waals surface area (Å²) < 4.78 is 13.5. The molecule has 1 aliphatic heterocycles. The Labute approximate surface area is 123 Å². The second-order valence-corrected chi connectivity index (χ2v) is 5.95. The van der Waals surface area contributed by atoms with Gasteiger partial charge in [0, 0.05) is 29.2 Å². The molecule has 2 rings (SSSR count). The summed E-state index contributed by atoms with van der Waals surface area (Å²) in [6.07, 6.45) is 2.43. The van der Waals surface area contributed by atoms with Crippen molar-refractivity contribution in [2.24, 2.45) is 0 Å². The molecule has 0 aliphatic carbocycles. The van der Waals surface area contributed by atoms with E-state index in [0.717, 1.165) is 13.1 Å². The van der Waals surface area contributed by atoms with Crippen molar-refractivity contribution < 1.29 is 4.39 Å². The molecule has 0 spiro atoms. The number of benzene rings is 1. The molecule has 2 nitrogen and oxygen atoms in total. The Morgan fingerprint density at radius 2 is 2.21 bits per heavy atom. The van der Waals surface area contributed by atoms with Gasteiger partial charge in [-0.3, -0.25) is 0 Å². The lowest BCUT2D eigenvalue weighted by atomic mass is 10.1. The minimum Gasteiger partial charge on any atom is -0.309 e. The molecular formula is C14H19Cl2FN2. The number of rotatable bonds is 4. The maximum Gasteiger partial charge on any atom is 0.142 e. The predicted octanol–water partition coefficient (Wildman–Crippen LogP) is 3.88. The highest BCUT2D eigenvalue weighted by Crippen LogP contribution is 2.32. The van der Waals surface area contributed by atoms with Crippen molar-refractivity contribution in [3.05, 3.63) is 33.6 Å². The van der Waals surface area contributed by atoms with E-state index >= 15 is 0 Å². The van der Waals surface area contributed by atoms with Gasteiger partial charge in [-0.05, 0) is 45.5 Å². The molecule has 0 saturated carbocycles. The Morgan fingerprint density at radius 3 is 2.84 bits per heavy atom. The van der Waals surface area contributed by atoms with Crippen LogP contribution in [-0.2, 0) is 0 Å². The van der Waals surface area contributed by atoms with Crippen molar-refractivity contribution >= 4 is 23.2 Å². The maximum absolute atomic E-state index is 13.5. The van der Waals surface area contributed by atoms with Crippen LogP contribution in [0.4, 0.5) is 4.39 Å². The molecule has 1 aromatic carbocycles. The van der Waals surface area contributed by atoms with Crippen LogP contribution in [0.3, 0.4) is 0 Å². The van der Waals surface area contributed by atoms with E-state index in [2.05, 4.69) is 17.3 Å². The minimum atomic E-state index is -0.423. The molecule has 0 aromatic heterocycles. The summed E-state index contributed by atoms with van der Waals surface area (Å²) in [5.74, 6) is -0.423. The van der Waals surface area contributed by atoms with Gasteiger partial charge in [-0.1, -0.05) is 23.2 Å². The number of hydrogen-bond donors (Lipinski definition) is 1. The van der Waals surface area contributed by atoms with E-state index in [9.17, 15) is 4.39 Å². The van der Waals surface area contributed by atoms with Crippen molar-refractivity contribution in [1.29, 1.82) is 0 Å². The van der Waals surface area contributed by atoms with Crippen LogP contribution in [-0.4, -0.2) is 31.1 Å². The number of halogens is 3. The third-order valence-electron chi connectivity index (χ3n) is 3.84. The third-order valence-corrected chi connectivity index (χ3v) is 4.56. The van der Waals surface area contributed by atoms with Crippen molar-refractivity contribution in [1.82, 2.24) is 10.2 Å². The van der Waals surface area contributed by atoms with Crippen molar-refractivity contribution in [2.75, 3.05) is 20.1 Å². The van der Waals surface area contributed by atoms with Gasteiger partial charge in [0.15, 0.2) is 0 Å². The molecule has 0 bridgehead atoms. The van der Waals surface area contributed by atoms with Gasteiger partial charge >= 0.3 is 0 Å². The highest BCUT2D eigenvalue weighted by atomic mass is 35.5. The van der Waals surface area contributed by atoms with Gasteiger partial charge in [-0.2, -0.15) is 0 Å². The molecule has 0 radical (unpaired) electrons. The summed E-state index contributed by atoms with van der Waals surface area (Å²) in [6, 6.07) is 3.32. The average Bonchev–Trinajstić information content (AvgIpc) is 2.77. The first-order valence-electron chi connectivity index (χ1n) is 6.57. The fourth-order valence-corrected chi connectivity index (χ4v) is 3.29. The fraction of sp³-hybridized carbons (Fsp3) is 0.571. The first kappa shape index (κ1) is 15.0. The minimum absolute atomic E-state index is 0.0651. The zero-order chi connectivity index (χ0) is 14.0. The molecule has 1 aromatic rings. The molecule has 1 heterocycles. The maximum atomic E-state index is 13.5. The van der Waals surface area contributed by atoms with Gasteiger partial charge in [0.25, 0.3) is 0 Å². The number of likely N-dealkylation sites (tertiary alicyclic amines) is 1. The lowest BCUT2D eigenvalue weighted by Crippen LogP contribution is -2.36. The van der Waals surface area contributed by atoms with E-state index in [0.29, 0.717) is 16.6 Å². The summed E-state index contributed by atoms with van der Waals surface area (Å²) in [7, 11) is 2.13. The van der Waals surface area contributed by atoms with E-state index < -0.39 is 5.82 Å². The Kier molecular flexibility index (Phi) is 5.07. The van der Waals surface area contributed by atoms with Crippen molar-refractivity contribution in [3.63, 3.8) is 0 Å². The molecule has 19 heavy (non-hydrogen) atoms. The molecule has 2 unspecified atom stereocenters. The Hall–Kier alpha value is -0.350. The highest BCUT2D eigenvalue weighted by Gasteiger charge is 2.22. The number of likely N-dealkylation sites (N-methyl/N-ethyl adjacent to an activating group) is 1. The molecule has 2 atom stereocenters. The average molecular weight is 305 g/mol. The second kappa shape index (κ2) is 6.40. The van der Waals surface area contributed by atoms with Gasteiger partial charge in [0.1, 0.15) is 5.82 Å². The van der Waals surface area contributed by atoms with Gasteiger partial charge in [0.2, 0.25) is 0 Å². The molecule has 1 saturated heterocycles. The standard InChI is InChI=1S/C14H19Cl2FN2/c1-9(18-8-10-4-3-7-19(10)2)13-11(15)5-6-12(17)14(13)16/h5-6,9-10,18H,3-4,7-8H2,1-2H3. The largest absolute Gasteiger partial charge is 0.309 e. The Bertz CT molecular complexity index is 453. The lowest BCUT2D eigenvalue weighted by Gasteiger charge is -2.23. The molecule has 0 amide bonds. The van der Waals surface area contributed by atoms with Crippen LogP contribution in [0, 0.1) is 5.82 Å². The third kappa shape index (κ3) is 3.40. The van der Waals surface area contributed by atoms with Crippen LogP contribution in [0.15, 0.2) is 12.1 Å². The van der Waals surface area contributed by atoms with E-state index in [1.54, 1.807) is 6.07 Å². The van der Waals surface area contributed by atoms with E-state index in [-0.39, 0.29) is 11.1 Å². The van der Waals surface area contributed by atoms with Crippen molar-refractivity contribution in [2.45, 2.75) is 31.8 Å². The van der Waals surface area contributed by atoms with Crippen molar-refractivity contribution in [3.8, 4) is 0 Å². The quantitative estimate of drug-likeness (QED) is 0.849. The summed E-state index contributed by atoms with van der Waals surface area (Å²) in [5.41, 5.74) is 0.643. The van der Waals surface area contributed by atoms with E-state index in [1.807, 2.05) is 6.92 Å².